The molecular formula is C47H73N5O12. The number of aliphatic hydroxyl groups excluding tert-OH is 2. The second-order valence-electron chi connectivity index (χ2n) is 18.4. The van der Waals surface area contributed by atoms with Crippen LogP contribution in [0.2, 0.25) is 0 Å². The lowest BCUT2D eigenvalue weighted by Gasteiger charge is -2.48. The molecule has 0 radical (unpaired) electrons. The van der Waals surface area contributed by atoms with Gasteiger partial charge in [0, 0.05) is 41.8 Å². The van der Waals surface area contributed by atoms with Crippen molar-refractivity contribution >= 4 is 40.3 Å². The molecule has 1 aromatic heterocycles. The first-order chi connectivity index (χ1) is 30.0. The molecule has 17 heteroatoms. The van der Waals surface area contributed by atoms with Crippen LogP contribution in [0, 0.1) is 17.8 Å². The van der Waals surface area contributed by atoms with Gasteiger partial charge in [-0.15, -0.1) is 6.58 Å². The summed E-state index contributed by atoms with van der Waals surface area (Å²) in [6, 6.07) is 7.41. The van der Waals surface area contributed by atoms with E-state index in [0.717, 1.165) is 10.9 Å². The smallest absolute Gasteiger partial charge is 0.312 e. The highest BCUT2D eigenvalue weighted by Crippen LogP contribution is 2.38. The summed E-state index contributed by atoms with van der Waals surface area (Å²) < 4.78 is 31.8. The quantitative estimate of drug-likeness (QED) is 0.118. The molecule has 4 rings (SSSR count). The van der Waals surface area contributed by atoms with Gasteiger partial charge in [0.25, 0.3) is 0 Å². The Balaban J connectivity index is 1.70. The van der Waals surface area contributed by atoms with Gasteiger partial charge in [-0.2, -0.15) is 0 Å². The first-order valence-electron chi connectivity index (χ1n) is 22.4. The number of nitrogens with zero attached hydrogens (tertiary/aromatic N) is 2. The van der Waals surface area contributed by atoms with Crippen molar-refractivity contribution in [1.29, 1.82) is 0 Å². The van der Waals surface area contributed by atoms with Gasteiger partial charge in [-0.05, 0) is 99.2 Å². The molecule has 1 unspecified atom stereocenters. The van der Waals surface area contributed by atoms with Gasteiger partial charge in [0.2, 0.25) is 11.8 Å². The lowest BCUT2D eigenvalue weighted by Crippen LogP contribution is -2.60. The molecule has 1 aromatic carbocycles. The number of carbonyl (C=O) groups excluding carboxylic acids is 4. The van der Waals surface area contributed by atoms with Gasteiger partial charge in [0.15, 0.2) is 6.29 Å². The normalized spacial score (nSPS) is 35.0. The van der Waals surface area contributed by atoms with E-state index in [2.05, 4.69) is 27.5 Å². The Morgan fingerprint density at radius 1 is 1.11 bits per heavy atom. The number of ether oxygens (including phenoxy) is 5. The number of anilines is 1. The second-order valence-corrected chi connectivity index (χ2v) is 18.4. The molecule has 358 valence electrons. The van der Waals surface area contributed by atoms with E-state index < -0.39 is 95.7 Å². The molecule has 2 amide bonds. The van der Waals surface area contributed by atoms with Gasteiger partial charge >= 0.3 is 11.9 Å². The number of carbonyl (C=O) groups is 4. The minimum absolute atomic E-state index is 0.0300. The van der Waals surface area contributed by atoms with Crippen molar-refractivity contribution in [2.45, 2.75) is 160 Å². The predicted octanol–water partition coefficient (Wildman–Crippen LogP) is 3.48. The number of nitrogens with one attached hydrogen (secondary N) is 3. The number of amides is 2. The fraction of sp³-hybridized carbons (Fsp3) is 0.681. The zero-order valence-corrected chi connectivity index (χ0v) is 39.4. The Labute approximate surface area is 378 Å². The molecule has 17 nitrogen and oxygen atoms in total. The molecule has 15 atom stereocenters. The van der Waals surface area contributed by atoms with Crippen LogP contribution in [0.1, 0.15) is 88.0 Å². The number of fused-ring (bicyclic) bond motifs is 1. The Morgan fingerprint density at radius 3 is 2.47 bits per heavy atom. The molecule has 6 N–H and O–H groups in total. The van der Waals surface area contributed by atoms with Crippen molar-refractivity contribution in [3.05, 3.63) is 49.2 Å². The molecular weight excluding hydrogens is 827 g/mol. The summed E-state index contributed by atoms with van der Waals surface area (Å²) in [5, 5.41) is 44.5. The molecule has 0 saturated carbocycles. The molecule has 2 aliphatic rings. The van der Waals surface area contributed by atoms with Crippen LogP contribution in [0.15, 0.2) is 49.2 Å². The summed E-state index contributed by atoms with van der Waals surface area (Å²) in [5.41, 5.74) is -2.04. The largest absolute Gasteiger partial charge is 0.461 e. The number of rotatable bonds is 14. The van der Waals surface area contributed by atoms with E-state index in [9.17, 15) is 34.5 Å². The van der Waals surface area contributed by atoms with E-state index in [0.29, 0.717) is 12.1 Å². The van der Waals surface area contributed by atoms with E-state index in [1.54, 1.807) is 53.0 Å². The van der Waals surface area contributed by atoms with Crippen molar-refractivity contribution in [2.24, 2.45) is 17.8 Å². The summed E-state index contributed by atoms with van der Waals surface area (Å²) in [7, 11) is 3.70. The third-order valence-corrected chi connectivity index (χ3v) is 12.7. The highest BCUT2D eigenvalue weighted by molar-refractivity contribution is 5.96. The molecule has 0 aliphatic carbocycles. The lowest BCUT2D eigenvalue weighted by molar-refractivity contribution is -0.302. The number of hydrogen-bond donors (Lipinski definition) is 6. The Kier molecular flexibility index (Phi) is 18.8. The van der Waals surface area contributed by atoms with Gasteiger partial charge in [-0.3, -0.25) is 24.2 Å². The Hall–Kier alpha value is -4.07. The average molecular weight is 900 g/mol. The van der Waals surface area contributed by atoms with Gasteiger partial charge in [-0.1, -0.05) is 32.9 Å². The van der Waals surface area contributed by atoms with Crippen LogP contribution in [0.25, 0.3) is 10.9 Å². The second kappa shape index (κ2) is 22.9. The fourth-order valence-corrected chi connectivity index (χ4v) is 8.94. The lowest BCUT2D eigenvalue weighted by atomic mass is 9.78. The van der Waals surface area contributed by atoms with Crippen molar-refractivity contribution in [3.8, 4) is 0 Å². The summed E-state index contributed by atoms with van der Waals surface area (Å²) in [6.07, 6.45) is -4.21. The summed E-state index contributed by atoms with van der Waals surface area (Å²) >= 11 is 0. The zero-order valence-electron chi connectivity index (χ0n) is 39.4. The number of esters is 2. The number of cyclic esters (lactones) is 1. The third kappa shape index (κ3) is 13.1. The van der Waals surface area contributed by atoms with Gasteiger partial charge in [0.05, 0.1) is 60.3 Å². The summed E-state index contributed by atoms with van der Waals surface area (Å²) in [5.74, 6) is -5.68. The van der Waals surface area contributed by atoms with Gasteiger partial charge in [-0.25, -0.2) is 0 Å². The monoisotopic (exact) mass is 900 g/mol. The standard InChI is InChI=1S/C47H73N5O12/c1-13-22-60-46(9)25-26(3)50-42(56)30(7)40(55)47(10,59)36(14-2)62-44(58)29(6)39(28(5)41(46)64-45-38(54)35(52(11)12)23-27(4)61-45)63-37(53)19-21-48-31(8)43(57)51-33-17-18-34-32(24-33)16-15-20-49-34/h13,15-18,20,24,26-31,35-36,38-41,45,48,54-55,59H,1,14,19,21-23,25H2,2-12H3,(H,50,56)(H,51,57)/t26-,27-,28+,29-,30-,31?,35+,36-,38-,39+,40-,41-,45+,46-,47-/m1/s1. The van der Waals surface area contributed by atoms with Crippen LogP contribution in [-0.4, -0.2) is 148 Å². The predicted molar refractivity (Wildman–Crippen MR) is 241 cm³/mol. The Morgan fingerprint density at radius 2 is 1.81 bits per heavy atom. The van der Waals surface area contributed by atoms with E-state index in [1.165, 1.54) is 20.8 Å². The van der Waals surface area contributed by atoms with Crippen LogP contribution in [0.4, 0.5) is 5.69 Å². The van der Waals surface area contributed by atoms with E-state index >= 15 is 0 Å². The van der Waals surface area contributed by atoms with Crippen molar-refractivity contribution in [2.75, 3.05) is 32.6 Å². The summed E-state index contributed by atoms with van der Waals surface area (Å²) in [6.45, 7) is 18.7. The maximum Gasteiger partial charge on any atom is 0.312 e. The number of hydrogen-bond acceptors (Lipinski definition) is 15. The van der Waals surface area contributed by atoms with Crippen LogP contribution >= 0.6 is 0 Å². The first kappa shape index (κ1) is 52.6. The topological polar surface area (TPSA) is 227 Å². The molecule has 2 fully saturated rings. The maximum absolute atomic E-state index is 14.3. The maximum atomic E-state index is 14.3. The van der Waals surface area contributed by atoms with Crippen LogP contribution in [0.3, 0.4) is 0 Å². The average Bonchev–Trinajstić information content (AvgIpc) is 3.24. The van der Waals surface area contributed by atoms with E-state index in [-0.39, 0.29) is 50.5 Å². The molecule has 64 heavy (non-hydrogen) atoms. The number of pyridine rings is 1. The molecule has 2 aromatic rings. The van der Waals surface area contributed by atoms with Crippen molar-refractivity contribution in [3.63, 3.8) is 0 Å². The van der Waals surface area contributed by atoms with Crippen LogP contribution < -0.4 is 16.0 Å². The molecule has 0 spiro atoms. The zero-order chi connectivity index (χ0) is 47.7. The number of benzene rings is 1. The highest BCUT2D eigenvalue weighted by Gasteiger charge is 2.52. The minimum atomic E-state index is -2.07. The van der Waals surface area contributed by atoms with Crippen LogP contribution in [0.5, 0.6) is 0 Å². The number of likely N-dealkylation sites (N-methyl/N-ethyl adjacent to an activating group) is 1. The summed E-state index contributed by atoms with van der Waals surface area (Å²) in [4.78, 5) is 61.3. The molecule has 0 bridgehead atoms. The highest BCUT2D eigenvalue weighted by atomic mass is 16.7. The fourth-order valence-electron chi connectivity index (χ4n) is 8.94. The molecule has 2 saturated heterocycles. The molecule has 2 aliphatic heterocycles. The van der Waals surface area contributed by atoms with E-state index in [1.807, 2.05) is 50.2 Å². The number of aliphatic hydroxyl groups is 3. The number of aromatic nitrogens is 1. The van der Waals surface area contributed by atoms with Crippen molar-refractivity contribution < 1.29 is 58.2 Å². The SMILES string of the molecule is C=CCO[C@]1(C)C[C@@H](C)NC(=O)[C@H](C)[C@@H](O)[C@](C)(O)[C@@H](CC)OC(=O)[C@H](C)[C@@H](OC(=O)CCNC(C)C(=O)Nc2ccc3ncccc3c2)[C@H](C)[C@H]1O[C@@H]1O[C@H](C)C[C@H](N(C)C)[C@H]1O. The third-order valence-electron chi connectivity index (χ3n) is 12.7. The van der Waals surface area contributed by atoms with Gasteiger partial charge < -0.3 is 59.9 Å². The van der Waals surface area contributed by atoms with Crippen molar-refractivity contribution in [1.82, 2.24) is 20.5 Å². The van der Waals surface area contributed by atoms with Crippen LogP contribution in [-0.2, 0) is 42.9 Å². The van der Waals surface area contributed by atoms with E-state index in [4.69, 9.17) is 23.7 Å². The Bertz CT molecular complexity index is 1900. The minimum Gasteiger partial charge on any atom is -0.461 e. The first-order valence-corrected chi connectivity index (χ1v) is 22.4. The van der Waals surface area contributed by atoms with Gasteiger partial charge in [0.1, 0.15) is 23.9 Å². The molecule has 3 heterocycles.